The Kier molecular flexibility index (Phi) is 42.7. The van der Waals surface area contributed by atoms with Gasteiger partial charge >= 0.3 is 0 Å². The van der Waals surface area contributed by atoms with Gasteiger partial charge in [-0.3, -0.25) is 18.2 Å². The van der Waals surface area contributed by atoms with Crippen LogP contribution in [0.25, 0.3) is 47.2 Å². The SMILES string of the molecule is C.CC(C)(C)C1C=Cc2ccccc21.CC(C)c1cccc2c1C=CC2.CC(C)c1cccc2ccccc12.CC(C)c1ccccc1.[CH-]=C(c1[c-]cccc1)C(C)(C)C.[CH-]=Cc1[c-]c(C(C)C)ccc1.[CH-]=c1ccccc1=[C-]C(C)(C)C.[Y].[Y].[Y].[Y]. The van der Waals surface area contributed by atoms with Crippen molar-refractivity contribution in [1.29, 1.82) is 0 Å². The van der Waals surface area contributed by atoms with Crippen molar-refractivity contribution in [2.75, 3.05) is 0 Å². The number of fused-ring (bicyclic) bond motifs is 3. The van der Waals surface area contributed by atoms with Crippen molar-refractivity contribution in [3.05, 3.63) is 286 Å². The first-order valence-electron chi connectivity index (χ1n) is 29.6. The minimum Gasteiger partial charge on any atom is -0.344 e. The number of allylic oxidation sites excluding steroid dienone is 3. The van der Waals surface area contributed by atoms with E-state index in [0.717, 1.165) is 33.6 Å². The first kappa shape index (κ1) is 86.2. The van der Waals surface area contributed by atoms with Crippen LogP contribution in [0.15, 0.2) is 194 Å². The summed E-state index contributed by atoms with van der Waals surface area (Å²) in [6.45, 7) is 54.3. The zero-order valence-electron chi connectivity index (χ0n) is 55.3. The zero-order chi connectivity index (χ0) is 60.6. The Hall–Kier alpha value is -2.86. The summed E-state index contributed by atoms with van der Waals surface area (Å²) in [5.74, 6) is 3.01. The molecule has 1 atom stereocenters. The van der Waals surface area contributed by atoms with Gasteiger partial charge in [0, 0.05) is 137 Å². The summed E-state index contributed by atoms with van der Waals surface area (Å²) in [5.41, 5.74) is 14.7. The molecule has 0 saturated carbocycles. The second-order valence-corrected chi connectivity index (χ2v) is 25.6. The smallest absolute Gasteiger partial charge is 0.00758 e. The Morgan fingerprint density at radius 2 is 1.11 bits per heavy atom. The van der Waals surface area contributed by atoms with E-state index in [9.17, 15) is 0 Å². The summed E-state index contributed by atoms with van der Waals surface area (Å²) in [5, 5.41) is 4.53. The van der Waals surface area contributed by atoms with Crippen LogP contribution in [0.4, 0.5) is 0 Å². The third-order valence-electron chi connectivity index (χ3n) is 14.0. The number of hydrogen-bond donors (Lipinski definition) is 0. The van der Waals surface area contributed by atoms with Crippen molar-refractivity contribution in [3.63, 3.8) is 0 Å². The maximum absolute atomic E-state index is 5.96. The average molecular weight is 1450 g/mol. The molecule has 2 aliphatic rings. The Labute approximate surface area is 632 Å². The molecular weight excluding hydrogens is 1350 g/mol. The molecule has 450 valence electrons. The van der Waals surface area contributed by atoms with Gasteiger partial charge < -0.3 is 40.8 Å². The van der Waals surface area contributed by atoms with Gasteiger partial charge in [0.15, 0.2) is 0 Å². The summed E-state index contributed by atoms with van der Waals surface area (Å²) < 4.78 is 0. The fourth-order valence-corrected chi connectivity index (χ4v) is 9.34. The molecule has 1 unspecified atom stereocenters. The molecule has 0 N–H and O–H groups in total. The molecule has 0 aromatic heterocycles. The standard InChI is InChI=1S/C13H16.C13H14.3C12H14.C11H12.C9H12.CH4.4Y/c1-13(2,3)12-9-8-10-6-4-5-7-11(10)12;1-10(2)12-9-5-7-11-6-3-4-8-13(11)12;1-9(2)11-7-3-5-10-6-4-8-12(10)11;1-10-7-5-6-8-11(10)9-12(2,3)4;1-10(12(2,3)4)11-8-6-5-7-9-11;1-4-10-6-5-7-11(8-10)9(2)3;1-8(2)9-6-4-3-5-7-9;;;;;/h4-9,12H,1-3H3;3-10H,1-2H3;3-5,7-9H,6H2,1-2H3;2*1,5-8H,2-4H3;1,4-7,9H,2-3H3;3-8H,1-2H3;1H4;;;;/q;;;3*-2;;;;;;. The average Bonchev–Trinajstić information content (AvgIpc) is 2.40. The van der Waals surface area contributed by atoms with Gasteiger partial charge in [0.1, 0.15) is 0 Å². The van der Waals surface area contributed by atoms with Crippen LogP contribution < -0.4 is 10.4 Å². The maximum Gasteiger partial charge on any atom is 0.00758 e. The summed E-state index contributed by atoms with van der Waals surface area (Å²) in [7, 11) is 0. The molecule has 4 radical (unpaired) electrons. The molecule has 87 heavy (non-hydrogen) atoms. The first-order chi connectivity index (χ1) is 38.7. The summed E-state index contributed by atoms with van der Waals surface area (Å²) >= 11 is 0. The van der Waals surface area contributed by atoms with Crippen molar-refractivity contribution >= 4 is 47.2 Å². The van der Waals surface area contributed by atoms with Gasteiger partial charge in [-0.1, -0.05) is 276 Å². The van der Waals surface area contributed by atoms with Crippen LogP contribution in [0.1, 0.15) is 210 Å². The molecule has 0 heterocycles. The predicted molar refractivity (Wildman–Crippen MR) is 370 cm³/mol. The van der Waals surface area contributed by atoms with Crippen LogP contribution in [-0.2, 0) is 137 Å². The van der Waals surface area contributed by atoms with Crippen LogP contribution >= 0.6 is 0 Å². The third kappa shape index (κ3) is 30.4. The molecule has 10 rings (SSSR count). The quantitative estimate of drug-likeness (QED) is 0.146. The minimum atomic E-state index is 0. The van der Waals surface area contributed by atoms with Crippen molar-refractivity contribution in [2.45, 2.75) is 161 Å². The Morgan fingerprint density at radius 3 is 1.67 bits per heavy atom. The van der Waals surface area contributed by atoms with E-state index in [1.807, 2.05) is 66.7 Å². The van der Waals surface area contributed by atoms with E-state index < -0.39 is 0 Å². The predicted octanol–water partition coefficient (Wildman–Crippen LogP) is 22.7. The maximum atomic E-state index is 5.96. The molecule has 8 aromatic rings. The van der Waals surface area contributed by atoms with Crippen molar-refractivity contribution in [2.24, 2.45) is 16.2 Å². The summed E-state index contributed by atoms with van der Waals surface area (Å²) in [6, 6.07) is 68.8. The van der Waals surface area contributed by atoms with Gasteiger partial charge in [-0.05, 0) is 85.2 Å². The van der Waals surface area contributed by atoms with Crippen molar-refractivity contribution < 1.29 is 131 Å². The monoisotopic (exact) mass is 1450 g/mol. The molecule has 4 heteroatoms. The van der Waals surface area contributed by atoms with E-state index in [1.54, 1.807) is 6.08 Å². The molecule has 8 aromatic carbocycles. The van der Waals surface area contributed by atoms with Crippen LogP contribution in [-0.4, -0.2) is 0 Å². The van der Waals surface area contributed by atoms with Gasteiger partial charge in [0.05, 0.1) is 0 Å². The Bertz CT molecular complexity index is 3390. The second kappa shape index (κ2) is 43.1. The molecule has 0 fully saturated rings. The van der Waals surface area contributed by atoms with Crippen LogP contribution in [0.3, 0.4) is 0 Å². The van der Waals surface area contributed by atoms with E-state index in [2.05, 4.69) is 275 Å². The van der Waals surface area contributed by atoms with Gasteiger partial charge in [-0.15, -0.1) is 29.8 Å². The van der Waals surface area contributed by atoms with Gasteiger partial charge in [0.2, 0.25) is 0 Å². The van der Waals surface area contributed by atoms with E-state index >= 15 is 0 Å². The van der Waals surface area contributed by atoms with Gasteiger partial charge in [-0.25, -0.2) is 36.4 Å². The number of hydrogen-bond acceptors (Lipinski definition) is 0. The van der Waals surface area contributed by atoms with Gasteiger partial charge in [-0.2, -0.15) is 18.2 Å². The zero-order valence-corrected chi connectivity index (χ0v) is 66.7. The number of benzene rings is 8. The molecule has 0 amide bonds. The summed E-state index contributed by atoms with van der Waals surface area (Å²) in [4.78, 5) is 0. The molecule has 0 bridgehead atoms. The normalized spacial score (nSPS) is 12.3. The molecule has 0 nitrogen and oxygen atoms in total. The van der Waals surface area contributed by atoms with Crippen molar-refractivity contribution in [3.8, 4) is 0 Å². The summed E-state index contributed by atoms with van der Waals surface area (Å²) in [6.07, 6.45) is 15.1. The van der Waals surface area contributed by atoms with Gasteiger partial charge in [0.25, 0.3) is 0 Å². The van der Waals surface area contributed by atoms with Crippen LogP contribution in [0.2, 0.25) is 0 Å². The molecule has 0 spiro atoms. The Balaban J connectivity index is 0. The fourth-order valence-electron chi connectivity index (χ4n) is 9.34. The third-order valence-corrected chi connectivity index (χ3v) is 14.0. The molecule has 0 saturated heterocycles. The second-order valence-electron chi connectivity index (χ2n) is 25.6. The topological polar surface area (TPSA) is 0 Å². The van der Waals surface area contributed by atoms with Crippen molar-refractivity contribution in [1.82, 2.24) is 0 Å². The van der Waals surface area contributed by atoms with Crippen LogP contribution in [0.5, 0.6) is 0 Å². The van der Waals surface area contributed by atoms with E-state index in [4.69, 9.17) is 19.7 Å². The minimum absolute atomic E-state index is 0. The first-order valence-corrected chi connectivity index (χ1v) is 29.6. The fraction of sp³-hybridized carbons (Fsp3) is 0.325. The van der Waals surface area contributed by atoms with E-state index in [-0.39, 0.29) is 149 Å². The number of rotatable bonds is 6. The van der Waals surface area contributed by atoms with E-state index in [1.165, 1.54) is 55.3 Å². The largest absolute Gasteiger partial charge is 0.344 e. The molecule has 0 aliphatic heterocycles. The van der Waals surface area contributed by atoms with Crippen LogP contribution in [0, 0.1) is 41.5 Å². The van der Waals surface area contributed by atoms with E-state index in [0.29, 0.717) is 35.0 Å². The Morgan fingerprint density at radius 1 is 0.563 bits per heavy atom. The molecular formula is C83H100Y4-6. The molecule has 2 aliphatic carbocycles.